The summed E-state index contributed by atoms with van der Waals surface area (Å²) in [7, 11) is -4.11. The maximum absolute atomic E-state index is 14.6. The number of hydroxylamine groups is 1. The van der Waals surface area contributed by atoms with Crippen molar-refractivity contribution in [3.63, 3.8) is 0 Å². The van der Waals surface area contributed by atoms with E-state index < -0.39 is 21.8 Å². The molecule has 12 heteroatoms. The lowest BCUT2D eigenvalue weighted by Crippen LogP contribution is -2.32. The number of benzene rings is 2. The summed E-state index contributed by atoms with van der Waals surface area (Å²) < 4.78 is 49.9. The van der Waals surface area contributed by atoms with Crippen molar-refractivity contribution in [2.24, 2.45) is 0 Å². The lowest BCUT2D eigenvalue weighted by molar-refractivity contribution is -0.0277. The maximum Gasteiger partial charge on any atom is 0.323 e. The highest BCUT2D eigenvalue weighted by Gasteiger charge is 2.29. The van der Waals surface area contributed by atoms with Crippen LogP contribution in [0.5, 0.6) is 11.5 Å². The highest BCUT2D eigenvalue weighted by molar-refractivity contribution is 7.90. The van der Waals surface area contributed by atoms with Crippen molar-refractivity contribution >= 4 is 26.8 Å². The van der Waals surface area contributed by atoms with Crippen molar-refractivity contribution in [3.8, 4) is 17.6 Å². The molecule has 33 heavy (non-hydrogen) atoms. The third kappa shape index (κ3) is 4.02. The zero-order chi connectivity index (χ0) is 23.2. The highest BCUT2D eigenvalue weighted by atomic mass is 32.2. The van der Waals surface area contributed by atoms with Gasteiger partial charge in [-0.2, -0.15) is 13.7 Å². The van der Waals surface area contributed by atoms with Crippen LogP contribution in [-0.2, 0) is 15.0 Å². The van der Waals surface area contributed by atoms with E-state index in [4.69, 9.17) is 9.57 Å². The largest absolute Gasteiger partial charge is 0.453 e. The van der Waals surface area contributed by atoms with Crippen LogP contribution in [0, 0.1) is 17.1 Å². The first-order valence-corrected chi connectivity index (χ1v) is 11.7. The summed E-state index contributed by atoms with van der Waals surface area (Å²) in [6, 6.07) is 8.52. The Hall–Kier alpha value is -3.53. The molecule has 1 aromatic heterocycles. The number of hydrogen-bond acceptors (Lipinski definition) is 7. The van der Waals surface area contributed by atoms with E-state index >= 15 is 0 Å². The van der Waals surface area contributed by atoms with E-state index in [0.717, 1.165) is 29.4 Å². The molecule has 0 unspecified atom stereocenters. The van der Waals surface area contributed by atoms with Gasteiger partial charge in [0.05, 0.1) is 29.5 Å². The predicted molar refractivity (Wildman–Crippen MR) is 115 cm³/mol. The van der Waals surface area contributed by atoms with Gasteiger partial charge < -0.3 is 4.74 Å². The Morgan fingerprint density at radius 1 is 1.27 bits per heavy atom. The van der Waals surface area contributed by atoms with Crippen molar-refractivity contribution in [1.29, 1.82) is 5.26 Å². The zero-order valence-electron chi connectivity index (χ0n) is 17.2. The number of halogens is 1. The quantitative estimate of drug-likeness (QED) is 0.586. The number of ether oxygens (including phenoxy) is 1. The smallest absolute Gasteiger partial charge is 0.323 e. The number of nitrogens with zero attached hydrogens (tertiary/aromatic N) is 4. The van der Waals surface area contributed by atoms with Gasteiger partial charge in [0.25, 0.3) is 5.56 Å². The molecule has 5 rings (SSSR count). The van der Waals surface area contributed by atoms with Gasteiger partial charge >= 0.3 is 10.2 Å². The summed E-state index contributed by atoms with van der Waals surface area (Å²) in [6.07, 6.45) is 3.86. The first kappa shape index (κ1) is 21.3. The molecule has 2 heterocycles. The molecular weight excluding hydrogens is 453 g/mol. The Kier molecular flexibility index (Phi) is 5.24. The van der Waals surface area contributed by atoms with Crippen LogP contribution in [0.25, 0.3) is 10.9 Å². The predicted octanol–water partition coefficient (Wildman–Crippen LogP) is 2.83. The Morgan fingerprint density at radius 2 is 2.09 bits per heavy atom. The fraction of sp³-hybridized carbons (Fsp3) is 0.286. The minimum Gasteiger partial charge on any atom is -0.453 e. The van der Waals surface area contributed by atoms with E-state index in [1.54, 1.807) is 16.7 Å². The molecule has 10 nitrogen and oxygen atoms in total. The number of aromatic nitrogens is 2. The van der Waals surface area contributed by atoms with Gasteiger partial charge in [0.2, 0.25) is 0 Å². The van der Waals surface area contributed by atoms with Crippen molar-refractivity contribution in [3.05, 3.63) is 58.4 Å². The van der Waals surface area contributed by atoms with Crippen LogP contribution in [-0.4, -0.2) is 35.6 Å². The van der Waals surface area contributed by atoms with Gasteiger partial charge in [-0.1, -0.05) is 4.47 Å². The Balaban J connectivity index is 1.51. The molecule has 1 aliphatic heterocycles. The third-order valence-corrected chi connectivity index (χ3v) is 6.67. The van der Waals surface area contributed by atoms with E-state index in [9.17, 15) is 22.9 Å². The second kappa shape index (κ2) is 8.11. The van der Waals surface area contributed by atoms with E-state index in [-0.39, 0.29) is 41.8 Å². The summed E-state index contributed by atoms with van der Waals surface area (Å²) in [6.45, 7) is 0.411. The van der Waals surface area contributed by atoms with Gasteiger partial charge in [-0.25, -0.2) is 9.37 Å². The fourth-order valence-electron chi connectivity index (χ4n) is 3.57. The molecule has 1 N–H and O–H groups in total. The molecule has 2 fully saturated rings. The van der Waals surface area contributed by atoms with Crippen LogP contribution in [0.3, 0.4) is 0 Å². The van der Waals surface area contributed by atoms with Crippen molar-refractivity contribution in [2.45, 2.75) is 25.3 Å². The molecule has 2 aliphatic rings. The first-order valence-electron chi connectivity index (χ1n) is 10.2. The third-order valence-electron chi connectivity index (χ3n) is 5.36. The van der Waals surface area contributed by atoms with Gasteiger partial charge in [-0.15, -0.1) is 0 Å². The lowest BCUT2D eigenvalue weighted by atomic mass is 10.1. The minimum absolute atomic E-state index is 0.105. The summed E-state index contributed by atoms with van der Waals surface area (Å²) in [5, 5.41) is 9.94. The number of anilines is 1. The maximum atomic E-state index is 14.6. The van der Waals surface area contributed by atoms with Crippen LogP contribution >= 0.6 is 0 Å². The topological polar surface area (TPSA) is 127 Å². The van der Waals surface area contributed by atoms with Crippen LogP contribution in [0.15, 0.2) is 41.5 Å². The number of nitriles is 1. The van der Waals surface area contributed by atoms with E-state index in [1.165, 1.54) is 18.5 Å². The normalized spacial score (nSPS) is 16.6. The number of fused-ring (bicyclic) bond motifs is 1. The molecule has 2 aromatic carbocycles. The number of nitrogens with one attached hydrogen (secondary N) is 1. The first-order chi connectivity index (χ1) is 15.9. The number of rotatable bonds is 6. The molecule has 0 spiro atoms. The van der Waals surface area contributed by atoms with Crippen molar-refractivity contribution < 1.29 is 22.4 Å². The molecule has 0 bridgehead atoms. The molecule has 3 aromatic rings. The Bertz CT molecular complexity index is 1460. The molecule has 0 atom stereocenters. The SMILES string of the molecule is N#Cc1c(NS(=O)(=O)N2CCCO2)ccc(F)c1Oc1ccc2ncn(C3CC3)c(=O)c2c1. The highest BCUT2D eigenvalue weighted by Crippen LogP contribution is 2.35. The monoisotopic (exact) mass is 471 g/mol. The van der Waals surface area contributed by atoms with Crippen LogP contribution < -0.4 is 15.0 Å². The number of hydrogen-bond donors (Lipinski definition) is 1. The van der Waals surface area contributed by atoms with Crippen LogP contribution in [0.2, 0.25) is 0 Å². The second-order valence-corrected chi connectivity index (χ2v) is 9.26. The average Bonchev–Trinajstić information content (AvgIpc) is 3.47. The molecular formula is C21H18FN5O5S. The zero-order valence-corrected chi connectivity index (χ0v) is 18.0. The summed E-state index contributed by atoms with van der Waals surface area (Å²) >= 11 is 0. The summed E-state index contributed by atoms with van der Waals surface area (Å²) in [5.41, 5.74) is -0.291. The van der Waals surface area contributed by atoms with Gasteiger partial charge in [-0.3, -0.25) is 18.9 Å². The Morgan fingerprint density at radius 3 is 2.79 bits per heavy atom. The van der Waals surface area contributed by atoms with Crippen molar-refractivity contribution in [2.75, 3.05) is 17.9 Å². The molecule has 1 saturated heterocycles. The average molecular weight is 471 g/mol. The van der Waals surface area contributed by atoms with Crippen molar-refractivity contribution in [1.82, 2.24) is 14.0 Å². The van der Waals surface area contributed by atoms with Gasteiger partial charge in [-0.05, 0) is 49.6 Å². The Labute approximate surface area is 187 Å². The summed E-state index contributed by atoms with van der Waals surface area (Å²) in [4.78, 5) is 22.1. The fourth-order valence-corrected chi connectivity index (χ4v) is 4.70. The molecule has 0 radical (unpaired) electrons. The molecule has 0 amide bonds. The van der Waals surface area contributed by atoms with E-state index in [1.807, 2.05) is 0 Å². The molecule has 1 aliphatic carbocycles. The van der Waals surface area contributed by atoms with Gasteiger partial charge in [0.15, 0.2) is 11.6 Å². The second-order valence-electron chi connectivity index (χ2n) is 7.70. The van der Waals surface area contributed by atoms with Crippen LogP contribution in [0.1, 0.15) is 30.9 Å². The van der Waals surface area contributed by atoms with Gasteiger partial charge in [0.1, 0.15) is 17.4 Å². The minimum atomic E-state index is -4.11. The molecule has 170 valence electrons. The van der Waals surface area contributed by atoms with Crippen LogP contribution in [0.4, 0.5) is 10.1 Å². The van der Waals surface area contributed by atoms with Gasteiger partial charge in [0, 0.05) is 12.6 Å². The molecule has 1 saturated carbocycles. The summed E-state index contributed by atoms with van der Waals surface area (Å²) in [5.74, 6) is -1.23. The lowest BCUT2D eigenvalue weighted by Gasteiger charge is -2.18. The van der Waals surface area contributed by atoms with E-state index in [0.29, 0.717) is 17.3 Å². The van der Waals surface area contributed by atoms with E-state index in [2.05, 4.69) is 9.71 Å². The standard InChI is InChI=1S/C21H18FN5O5S/c22-17-5-7-19(25-33(29,30)27-8-1-9-31-27)16(11-23)20(17)32-14-4-6-18-15(10-14)21(28)26(12-24-18)13-2-3-13/h4-7,10,12-13,25H,1-3,8-9H2.